The molecule has 0 fully saturated rings. The predicted octanol–water partition coefficient (Wildman–Crippen LogP) is 5.24. The number of amides is 1. The van der Waals surface area contributed by atoms with Crippen molar-refractivity contribution >= 4 is 34.8 Å². The average molecular weight is 357 g/mol. The van der Waals surface area contributed by atoms with Crippen LogP contribution in [0.1, 0.15) is 15.9 Å². The molecule has 0 spiro atoms. The quantitative estimate of drug-likeness (QED) is 0.640. The molecule has 24 heavy (non-hydrogen) atoms. The minimum absolute atomic E-state index is 0.125. The number of rotatable bonds is 4. The standard InChI is InChI=1S/C19H14Cl2N2O/c20-16-5-3-14(4-6-16)13-23(18-9-7-17(21)8-10-18)19(24)15-2-1-11-22-12-15/h1-12H,13H2. The topological polar surface area (TPSA) is 33.2 Å². The van der Waals surface area contributed by atoms with E-state index in [2.05, 4.69) is 4.98 Å². The van der Waals surface area contributed by atoms with Crippen molar-refractivity contribution in [3.05, 3.63) is 94.2 Å². The largest absolute Gasteiger partial charge is 0.304 e. The van der Waals surface area contributed by atoms with E-state index in [0.717, 1.165) is 11.3 Å². The van der Waals surface area contributed by atoms with Crippen LogP contribution in [0, 0.1) is 0 Å². The molecular weight excluding hydrogens is 343 g/mol. The molecule has 0 radical (unpaired) electrons. The van der Waals surface area contributed by atoms with Crippen LogP contribution in [0.25, 0.3) is 0 Å². The van der Waals surface area contributed by atoms with Gasteiger partial charge in [-0.1, -0.05) is 35.3 Å². The summed E-state index contributed by atoms with van der Waals surface area (Å²) < 4.78 is 0. The molecule has 0 unspecified atom stereocenters. The zero-order chi connectivity index (χ0) is 16.9. The molecule has 0 aliphatic carbocycles. The fraction of sp³-hybridized carbons (Fsp3) is 0.0526. The minimum atomic E-state index is -0.125. The molecule has 2 aromatic carbocycles. The lowest BCUT2D eigenvalue weighted by Crippen LogP contribution is -2.30. The molecule has 1 aromatic heterocycles. The summed E-state index contributed by atoms with van der Waals surface area (Å²) in [4.78, 5) is 18.6. The number of pyridine rings is 1. The summed E-state index contributed by atoms with van der Waals surface area (Å²) in [7, 11) is 0. The Morgan fingerprint density at radius 2 is 1.54 bits per heavy atom. The molecule has 0 saturated carbocycles. The Kier molecular flexibility index (Phi) is 5.14. The molecule has 3 rings (SSSR count). The maximum Gasteiger partial charge on any atom is 0.260 e. The summed E-state index contributed by atoms with van der Waals surface area (Å²) in [6, 6.07) is 18.1. The third-order valence-electron chi connectivity index (χ3n) is 3.55. The highest BCUT2D eigenvalue weighted by Gasteiger charge is 2.18. The summed E-state index contributed by atoms with van der Waals surface area (Å²) in [6.07, 6.45) is 3.20. The summed E-state index contributed by atoms with van der Waals surface area (Å²) in [5.74, 6) is -0.125. The van der Waals surface area contributed by atoms with Gasteiger partial charge in [-0.25, -0.2) is 0 Å². The van der Waals surface area contributed by atoms with Gasteiger partial charge in [0.25, 0.3) is 5.91 Å². The van der Waals surface area contributed by atoms with Crippen LogP contribution in [0.2, 0.25) is 10.0 Å². The van der Waals surface area contributed by atoms with Gasteiger partial charge < -0.3 is 4.90 Å². The van der Waals surface area contributed by atoms with Crippen molar-refractivity contribution in [1.82, 2.24) is 4.98 Å². The molecule has 0 aliphatic heterocycles. The summed E-state index contributed by atoms with van der Waals surface area (Å²) in [5.41, 5.74) is 2.27. The van der Waals surface area contributed by atoms with Crippen molar-refractivity contribution < 1.29 is 4.79 Å². The molecule has 1 heterocycles. The van der Waals surface area contributed by atoms with Gasteiger partial charge >= 0.3 is 0 Å². The molecule has 0 saturated heterocycles. The molecule has 3 aromatic rings. The van der Waals surface area contributed by atoms with Crippen LogP contribution in [0.5, 0.6) is 0 Å². The van der Waals surface area contributed by atoms with E-state index < -0.39 is 0 Å². The second-order valence-electron chi connectivity index (χ2n) is 5.24. The highest BCUT2D eigenvalue weighted by Crippen LogP contribution is 2.23. The Bertz CT molecular complexity index is 818. The van der Waals surface area contributed by atoms with E-state index in [9.17, 15) is 4.79 Å². The third kappa shape index (κ3) is 3.94. The van der Waals surface area contributed by atoms with Crippen LogP contribution in [-0.4, -0.2) is 10.9 Å². The maximum absolute atomic E-state index is 12.9. The van der Waals surface area contributed by atoms with Crippen molar-refractivity contribution in [3.8, 4) is 0 Å². The molecule has 3 nitrogen and oxygen atoms in total. The van der Waals surface area contributed by atoms with Crippen LogP contribution in [0.3, 0.4) is 0 Å². The van der Waals surface area contributed by atoms with Crippen LogP contribution in [0.15, 0.2) is 73.1 Å². The third-order valence-corrected chi connectivity index (χ3v) is 4.05. The second kappa shape index (κ2) is 7.47. The number of anilines is 1. The van der Waals surface area contributed by atoms with Crippen LogP contribution >= 0.6 is 23.2 Å². The molecule has 5 heteroatoms. The molecule has 0 atom stereocenters. The zero-order valence-corrected chi connectivity index (χ0v) is 14.2. The molecule has 0 bridgehead atoms. The second-order valence-corrected chi connectivity index (χ2v) is 6.11. The minimum Gasteiger partial charge on any atom is -0.304 e. The first-order valence-electron chi connectivity index (χ1n) is 7.35. The lowest BCUT2D eigenvalue weighted by Gasteiger charge is -2.23. The molecule has 0 N–H and O–H groups in total. The molecule has 1 amide bonds. The van der Waals surface area contributed by atoms with E-state index >= 15 is 0 Å². The van der Waals surface area contributed by atoms with Crippen molar-refractivity contribution in [2.45, 2.75) is 6.54 Å². The van der Waals surface area contributed by atoms with Gasteiger partial charge in [-0.3, -0.25) is 9.78 Å². The molecular formula is C19H14Cl2N2O. The first-order valence-corrected chi connectivity index (χ1v) is 8.11. The van der Waals surface area contributed by atoms with Gasteiger partial charge in [0.1, 0.15) is 0 Å². The first kappa shape index (κ1) is 16.5. The zero-order valence-electron chi connectivity index (χ0n) is 12.7. The Hall–Kier alpha value is -2.36. The van der Waals surface area contributed by atoms with E-state index in [1.165, 1.54) is 0 Å². The smallest absolute Gasteiger partial charge is 0.260 e. The van der Waals surface area contributed by atoms with E-state index in [4.69, 9.17) is 23.2 Å². The predicted molar refractivity (Wildman–Crippen MR) is 97.7 cm³/mol. The van der Waals surface area contributed by atoms with E-state index in [-0.39, 0.29) is 5.91 Å². The van der Waals surface area contributed by atoms with Crippen LogP contribution < -0.4 is 4.90 Å². The van der Waals surface area contributed by atoms with Gasteiger partial charge in [-0.05, 0) is 54.1 Å². The summed E-state index contributed by atoms with van der Waals surface area (Å²) in [6.45, 7) is 0.423. The summed E-state index contributed by atoms with van der Waals surface area (Å²) in [5, 5.41) is 1.29. The number of aromatic nitrogens is 1. The SMILES string of the molecule is O=C(c1cccnc1)N(Cc1ccc(Cl)cc1)c1ccc(Cl)cc1. The van der Waals surface area contributed by atoms with Crippen LogP contribution in [-0.2, 0) is 6.54 Å². The fourth-order valence-corrected chi connectivity index (χ4v) is 2.57. The van der Waals surface area contributed by atoms with Gasteiger partial charge in [0.05, 0.1) is 12.1 Å². The van der Waals surface area contributed by atoms with Crippen molar-refractivity contribution in [3.63, 3.8) is 0 Å². The Morgan fingerprint density at radius 1 is 0.917 bits per heavy atom. The normalized spacial score (nSPS) is 10.4. The van der Waals surface area contributed by atoms with Gasteiger partial charge in [0.2, 0.25) is 0 Å². The number of halogens is 2. The van der Waals surface area contributed by atoms with E-state index in [1.807, 2.05) is 36.4 Å². The number of hydrogen-bond acceptors (Lipinski definition) is 2. The van der Waals surface area contributed by atoms with Crippen LogP contribution in [0.4, 0.5) is 5.69 Å². The highest BCUT2D eigenvalue weighted by molar-refractivity contribution is 6.30. The van der Waals surface area contributed by atoms with Crippen molar-refractivity contribution in [1.29, 1.82) is 0 Å². The van der Waals surface area contributed by atoms with Crippen molar-refractivity contribution in [2.24, 2.45) is 0 Å². The number of carbonyl (C=O) groups excluding carboxylic acids is 1. The maximum atomic E-state index is 12.9. The summed E-state index contributed by atoms with van der Waals surface area (Å²) >= 11 is 11.9. The van der Waals surface area contributed by atoms with Gasteiger partial charge in [0.15, 0.2) is 0 Å². The van der Waals surface area contributed by atoms with Crippen molar-refractivity contribution in [2.75, 3.05) is 4.90 Å². The molecule has 120 valence electrons. The number of carbonyl (C=O) groups is 1. The molecule has 0 aliphatic rings. The lowest BCUT2D eigenvalue weighted by molar-refractivity contribution is 0.0985. The van der Waals surface area contributed by atoms with Gasteiger partial charge in [0, 0.05) is 28.1 Å². The average Bonchev–Trinajstić information content (AvgIpc) is 2.62. The number of benzene rings is 2. The van der Waals surface area contributed by atoms with E-state index in [0.29, 0.717) is 22.2 Å². The highest BCUT2D eigenvalue weighted by atomic mass is 35.5. The Morgan fingerprint density at radius 3 is 2.12 bits per heavy atom. The Balaban J connectivity index is 1.95. The monoisotopic (exact) mass is 356 g/mol. The first-order chi connectivity index (χ1) is 11.6. The van der Waals surface area contributed by atoms with E-state index in [1.54, 1.807) is 41.6 Å². The Labute approximate surface area is 150 Å². The van der Waals surface area contributed by atoms with Gasteiger partial charge in [-0.2, -0.15) is 0 Å². The lowest BCUT2D eigenvalue weighted by atomic mass is 10.1. The number of hydrogen-bond donors (Lipinski definition) is 0. The van der Waals surface area contributed by atoms with Gasteiger partial charge in [-0.15, -0.1) is 0 Å². The number of nitrogens with zero attached hydrogens (tertiary/aromatic N) is 2. The fourth-order valence-electron chi connectivity index (χ4n) is 2.32.